The minimum Gasteiger partial charge on any atom is -0.317 e. The summed E-state index contributed by atoms with van der Waals surface area (Å²) in [6.07, 6.45) is 5.13. The van der Waals surface area contributed by atoms with E-state index in [4.69, 9.17) is 0 Å². The maximum absolute atomic E-state index is 12.0. The van der Waals surface area contributed by atoms with Crippen molar-refractivity contribution in [1.82, 2.24) is 15.6 Å². The van der Waals surface area contributed by atoms with E-state index < -0.39 is 5.41 Å². The van der Waals surface area contributed by atoms with Gasteiger partial charge in [0.2, 0.25) is 11.8 Å². The van der Waals surface area contributed by atoms with Gasteiger partial charge in [-0.3, -0.25) is 19.9 Å². The number of rotatable bonds is 3. The Balaban J connectivity index is 1.90. The van der Waals surface area contributed by atoms with Crippen LogP contribution < -0.4 is 10.6 Å². The Labute approximate surface area is 135 Å². The second-order valence-electron chi connectivity index (χ2n) is 6.45. The van der Waals surface area contributed by atoms with Crippen molar-refractivity contribution in [2.45, 2.75) is 43.9 Å². The van der Waals surface area contributed by atoms with Gasteiger partial charge in [0, 0.05) is 12.6 Å². The van der Waals surface area contributed by atoms with E-state index in [1.165, 1.54) is 0 Å². The molecule has 0 aromatic carbocycles. The van der Waals surface area contributed by atoms with Crippen molar-refractivity contribution in [1.29, 1.82) is 0 Å². The summed E-state index contributed by atoms with van der Waals surface area (Å²) in [6, 6.07) is 1.89. The van der Waals surface area contributed by atoms with Crippen LogP contribution in [0.3, 0.4) is 0 Å². The first-order chi connectivity index (χ1) is 11.1. The van der Waals surface area contributed by atoms with Crippen molar-refractivity contribution in [3.05, 3.63) is 29.1 Å². The number of nitrogens with zero attached hydrogens (tertiary/aromatic N) is 1. The number of hydrogen-bond donors (Lipinski definition) is 2. The average Bonchev–Trinajstić information content (AvgIpc) is 2.55. The standard InChI is InChI=1S/C17H21N3O3/c1-11-8-14(12-2-3-15(22)20-16(12)23)19-9-13(11)17(10-21)4-6-18-7-5-17/h8-10,12,18H,2-7H2,1H3,(H,20,22,23). The highest BCUT2D eigenvalue weighted by Gasteiger charge is 2.36. The lowest BCUT2D eigenvalue weighted by Gasteiger charge is -2.34. The molecule has 1 unspecified atom stereocenters. The van der Waals surface area contributed by atoms with Gasteiger partial charge in [-0.05, 0) is 56.5 Å². The fourth-order valence-electron chi connectivity index (χ4n) is 3.59. The van der Waals surface area contributed by atoms with Crippen LogP contribution in [0.5, 0.6) is 0 Å². The molecule has 3 rings (SSSR count). The van der Waals surface area contributed by atoms with Crippen LogP contribution in [-0.4, -0.2) is 36.2 Å². The Bertz CT molecular complexity index is 650. The Hall–Kier alpha value is -2.08. The molecule has 2 fully saturated rings. The number of carbonyl (C=O) groups is 3. The number of piperidine rings is 2. The molecule has 0 bridgehead atoms. The summed E-state index contributed by atoms with van der Waals surface area (Å²) in [6.45, 7) is 3.58. The number of aldehydes is 1. The van der Waals surface area contributed by atoms with Gasteiger partial charge in [-0.15, -0.1) is 0 Å². The van der Waals surface area contributed by atoms with Crippen molar-refractivity contribution in [3.8, 4) is 0 Å². The number of aromatic nitrogens is 1. The van der Waals surface area contributed by atoms with E-state index >= 15 is 0 Å². The average molecular weight is 315 g/mol. The van der Waals surface area contributed by atoms with Crippen LogP contribution in [0.1, 0.15) is 48.4 Å². The fraction of sp³-hybridized carbons (Fsp3) is 0.529. The van der Waals surface area contributed by atoms with Gasteiger partial charge in [0.1, 0.15) is 6.29 Å². The SMILES string of the molecule is Cc1cc(C2CCC(=O)NC2=O)ncc1C1(C=O)CCNCC1. The molecule has 1 atom stereocenters. The highest BCUT2D eigenvalue weighted by Crippen LogP contribution is 2.34. The van der Waals surface area contributed by atoms with Crippen molar-refractivity contribution in [2.24, 2.45) is 0 Å². The molecule has 3 heterocycles. The molecule has 0 spiro atoms. The molecule has 0 radical (unpaired) electrons. The van der Waals surface area contributed by atoms with Crippen LogP contribution in [-0.2, 0) is 19.8 Å². The highest BCUT2D eigenvalue weighted by molar-refractivity contribution is 6.00. The van der Waals surface area contributed by atoms with E-state index in [9.17, 15) is 14.4 Å². The molecule has 0 saturated carbocycles. The van der Waals surface area contributed by atoms with Crippen LogP contribution in [0.2, 0.25) is 0 Å². The molecule has 2 N–H and O–H groups in total. The molecule has 2 saturated heterocycles. The van der Waals surface area contributed by atoms with E-state index in [1.807, 2.05) is 13.0 Å². The van der Waals surface area contributed by atoms with Gasteiger partial charge in [0.05, 0.1) is 17.0 Å². The van der Waals surface area contributed by atoms with Crippen molar-refractivity contribution in [2.75, 3.05) is 13.1 Å². The van der Waals surface area contributed by atoms with E-state index in [-0.39, 0.29) is 17.7 Å². The van der Waals surface area contributed by atoms with E-state index in [0.29, 0.717) is 18.5 Å². The summed E-state index contributed by atoms with van der Waals surface area (Å²) in [5.74, 6) is -0.900. The number of pyridine rings is 1. The summed E-state index contributed by atoms with van der Waals surface area (Å²) in [5.41, 5.74) is 2.12. The predicted molar refractivity (Wildman–Crippen MR) is 83.9 cm³/mol. The number of carbonyl (C=O) groups excluding carboxylic acids is 3. The third-order valence-corrected chi connectivity index (χ3v) is 4.99. The second kappa shape index (κ2) is 6.20. The molecule has 122 valence electrons. The third-order valence-electron chi connectivity index (χ3n) is 4.99. The van der Waals surface area contributed by atoms with Crippen LogP contribution in [0, 0.1) is 6.92 Å². The Morgan fingerprint density at radius 1 is 1.30 bits per heavy atom. The molecule has 2 aliphatic heterocycles. The number of hydrogen-bond acceptors (Lipinski definition) is 5. The molecule has 6 nitrogen and oxygen atoms in total. The first-order valence-electron chi connectivity index (χ1n) is 8.03. The Morgan fingerprint density at radius 3 is 2.65 bits per heavy atom. The molecule has 0 aliphatic carbocycles. The quantitative estimate of drug-likeness (QED) is 0.634. The number of aryl methyl sites for hydroxylation is 1. The minimum atomic E-state index is -0.481. The lowest BCUT2D eigenvalue weighted by Crippen LogP contribution is -2.42. The molecule has 1 aromatic rings. The molecule has 6 heteroatoms. The van der Waals surface area contributed by atoms with Gasteiger partial charge in [-0.1, -0.05) is 0 Å². The van der Waals surface area contributed by atoms with Gasteiger partial charge in [0.15, 0.2) is 0 Å². The van der Waals surface area contributed by atoms with Crippen LogP contribution in [0.4, 0.5) is 0 Å². The van der Waals surface area contributed by atoms with E-state index in [1.54, 1.807) is 6.20 Å². The van der Waals surface area contributed by atoms with Crippen LogP contribution >= 0.6 is 0 Å². The molecule has 23 heavy (non-hydrogen) atoms. The number of nitrogens with one attached hydrogen (secondary N) is 2. The van der Waals surface area contributed by atoms with Crippen LogP contribution in [0.15, 0.2) is 12.3 Å². The van der Waals surface area contributed by atoms with E-state index in [0.717, 1.165) is 43.3 Å². The lowest BCUT2D eigenvalue weighted by molar-refractivity contribution is -0.134. The van der Waals surface area contributed by atoms with Crippen molar-refractivity contribution < 1.29 is 14.4 Å². The monoisotopic (exact) mass is 315 g/mol. The smallest absolute Gasteiger partial charge is 0.235 e. The predicted octanol–water partition coefficient (Wildman–Crippen LogP) is 0.730. The van der Waals surface area contributed by atoms with Gasteiger partial charge >= 0.3 is 0 Å². The van der Waals surface area contributed by atoms with Gasteiger partial charge in [-0.25, -0.2) is 0 Å². The summed E-state index contributed by atoms with van der Waals surface area (Å²) in [5, 5.41) is 5.63. The van der Waals surface area contributed by atoms with E-state index in [2.05, 4.69) is 15.6 Å². The number of imide groups is 1. The maximum atomic E-state index is 12.0. The van der Waals surface area contributed by atoms with Gasteiger partial charge in [0.25, 0.3) is 0 Å². The second-order valence-corrected chi connectivity index (χ2v) is 6.45. The maximum Gasteiger partial charge on any atom is 0.235 e. The Kier molecular flexibility index (Phi) is 4.26. The zero-order valence-electron chi connectivity index (χ0n) is 13.2. The summed E-state index contributed by atoms with van der Waals surface area (Å²) in [4.78, 5) is 39.5. The third kappa shape index (κ3) is 2.91. The molecule has 1 aromatic heterocycles. The van der Waals surface area contributed by atoms with Gasteiger partial charge < -0.3 is 10.1 Å². The first-order valence-corrected chi connectivity index (χ1v) is 8.03. The Morgan fingerprint density at radius 2 is 2.04 bits per heavy atom. The number of amides is 2. The topological polar surface area (TPSA) is 88.2 Å². The fourth-order valence-corrected chi connectivity index (χ4v) is 3.59. The summed E-state index contributed by atoms with van der Waals surface area (Å²) >= 11 is 0. The summed E-state index contributed by atoms with van der Waals surface area (Å²) < 4.78 is 0. The van der Waals surface area contributed by atoms with Crippen LogP contribution in [0.25, 0.3) is 0 Å². The normalized spacial score (nSPS) is 24.1. The molecule has 2 amide bonds. The van der Waals surface area contributed by atoms with Crippen molar-refractivity contribution >= 4 is 18.1 Å². The van der Waals surface area contributed by atoms with Crippen molar-refractivity contribution in [3.63, 3.8) is 0 Å². The molecular weight excluding hydrogens is 294 g/mol. The zero-order chi connectivity index (χ0) is 16.4. The molecular formula is C17H21N3O3. The summed E-state index contributed by atoms with van der Waals surface area (Å²) in [7, 11) is 0. The minimum absolute atomic E-state index is 0.228. The van der Waals surface area contributed by atoms with Gasteiger partial charge in [-0.2, -0.15) is 0 Å². The molecule has 2 aliphatic rings. The highest BCUT2D eigenvalue weighted by atomic mass is 16.2. The lowest BCUT2D eigenvalue weighted by atomic mass is 9.73. The zero-order valence-corrected chi connectivity index (χ0v) is 13.2. The largest absolute Gasteiger partial charge is 0.317 e. The first kappa shape index (κ1) is 15.8.